The molecule has 2 aromatic rings. The molecule has 27 heavy (non-hydrogen) atoms. The smallest absolute Gasteiger partial charge is 0.240 e. The summed E-state index contributed by atoms with van der Waals surface area (Å²) in [4.78, 5) is 24.0. The highest BCUT2D eigenvalue weighted by Crippen LogP contribution is 2.36. The predicted molar refractivity (Wildman–Crippen MR) is 107 cm³/mol. The van der Waals surface area contributed by atoms with Gasteiger partial charge >= 0.3 is 0 Å². The lowest BCUT2D eigenvalue weighted by molar-refractivity contribution is -0.115. The minimum Gasteiger partial charge on any atom is -0.354 e. The van der Waals surface area contributed by atoms with E-state index in [0.717, 1.165) is 62.5 Å². The molecule has 0 radical (unpaired) electrons. The Balaban J connectivity index is 1.82. The number of benzene rings is 1. The Hall–Kier alpha value is -2.51. The first-order valence-corrected chi connectivity index (χ1v) is 9.65. The molecule has 1 saturated heterocycles. The molecule has 2 aliphatic rings. The number of nitrogens with zero attached hydrogens (tertiary/aromatic N) is 3. The van der Waals surface area contributed by atoms with Gasteiger partial charge in [0.15, 0.2) is 0 Å². The number of carbonyl (C=O) groups excluding carboxylic acids is 1. The number of aromatic nitrogens is 2. The molecule has 4 rings (SSSR count). The molecule has 1 aliphatic heterocycles. The Kier molecular flexibility index (Phi) is 5.31. The van der Waals surface area contributed by atoms with Crippen LogP contribution in [0.4, 0.5) is 11.8 Å². The summed E-state index contributed by atoms with van der Waals surface area (Å²) in [6.07, 6.45) is 3.07. The van der Waals surface area contributed by atoms with Crippen molar-refractivity contribution in [2.24, 2.45) is 0 Å². The first-order valence-electron chi connectivity index (χ1n) is 9.65. The molecular formula is C20H26N6O. The molecule has 7 heteroatoms. The molecule has 1 aliphatic carbocycles. The third-order valence-corrected chi connectivity index (χ3v) is 5.14. The zero-order chi connectivity index (χ0) is 18.6. The van der Waals surface area contributed by atoms with E-state index in [2.05, 4.69) is 45.1 Å². The summed E-state index contributed by atoms with van der Waals surface area (Å²) in [5, 5.41) is 9.12. The van der Waals surface area contributed by atoms with Crippen molar-refractivity contribution in [3.05, 3.63) is 35.4 Å². The maximum atomic E-state index is 12.1. The Morgan fingerprint density at radius 2 is 2.00 bits per heavy atom. The number of rotatable bonds is 4. The molecule has 142 valence electrons. The average Bonchev–Trinajstić information content (AvgIpc) is 2.88. The van der Waals surface area contributed by atoms with Gasteiger partial charge in [-0.1, -0.05) is 24.3 Å². The second-order valence-electron chi connectivity index (χ2n) is 7.02. The fourth-order valence-electron chi connectivity index (χ4n) is 3.87. The standard InChI is InChI=1S/C20H26N6O/c1-21-13-17(27)23-20-24-18-15-7-3-2-5-14(15)6-4-8-16(18)19(25-20)26-11-9-22-10-12-26/h2-3,5,7,21-22H,4,6,8-13H2,1H3,(H,23,24,25,27). The molecule has 7 nitrogen and oxygen atoms in total. The Morgan fingerprint density at radius 1 is 1.19 bits per heavy atom. The lowest BCUT2D eigenvalue weighted by atomic mass is 10.0. The third kappa shape index (κ3) is 3.79. The van der Waals surface area contributed by atoms with Crippen molar-refractivity contribution in [1.29, 1.82) is 0 Å². The highest BCUT2D eigenvalue weighted by Gasteiger charge is 2.25. The Morgan fingerprint density at radius 3 is 2.81 bits per heavy atom. The zero-order valence-corrected chi connectivity index (χ0v) is 15.7. The molecule has 1 amide bonds. The third-order valence-electron chi connectivity index (χ3n) is 5.14. The topological polar surface area (TPSA) is 82.2 Å². The fourth-order valence-corrected chi connectivity index (χ4v) is 3.87. The highest BCUT2D eigenvalue weighted by molar-refractivity contribution is 5.91. The first-order chi connectivity index (χ1) is 13.3. The predicted octanol–water partition coefficient (Wildman–Crippen LogP) is 1.20. The van der Waals surface area contributed by atoms with Crippen LogP contribution in [0.5, 0.6) is 0 Å². The quantitative estimate of drug-likeness (QED) is 0.754. The number of anilines is 2. The first kappa shape index (κ1) is 17.9. The largest absolute Gasteiger partial charge is 0.354 e. The molecule has 0 spiro atoms. The number of amides is 1. The molecule has 1 aromatic heterocycles. The summed E-state index contributed by atoms with van der Waals surface area (Å²) in [7, 11) is 1.75. The monoisotopic (exact) mass is 366 g/mol. The van der Waals surface area contributed by atoms with Crippen LogP contribution in [0.25, 0.3) is 11.3 Å². The van der Waals surface area contributed by atoms with E-state index >= 15 is 0 Å². The van der Waals surface area contributed by atoms with Crippen LogP contribution in [0.15, 0.2) is 24.3 Å². The van der Waals surface area contributed by atoms with Gasteiger partial charge in [0.25, 0.3) is 0 Å². The zero-order valence-electron chi connectivity index (χ0n) is 15.7. The van der Waals surface area contributed by atoms with Gasteiger partial charge in [-0.05, 0) is 31.9 Å². The van der Waals surface area contributed by atoms with E-state index in [4.69, 9.17) is 9.97 Å². The van der Waals surface area contributed by atoms with E-state index in [1.165, 1.54) is 11.1 Å². The summed E-state index contributed by atoms with van der Waals surface area (Å²) in [6, 6.07) is 8.45. The van der Waals surface area contributed by atoms with Gasteiger partial charge in [-0.15, -0.1) is 0 Å². The van der Waals surface area contributed by atoms with E-state index in [0.29, 0.717) is 5.95 Å². The number of carbonyl (C=O) groups is 1. The van der Waals surface area contributed by atoms with Crippen molar-refractivity contribution in [3.8, 4) is 11.3 Å². The van der Waals surface area contributed by atoms with Crippen LogP contribution in [-0.2, 0) is 17.6 Å². The molecule has 0 unspecified atom stereocenters. The van der Waals surface area contributed by atoms with Crippen LogP contribution in [0.3, 0.4) is 0 Å². The van der Waals surface area contributed by atoms with Gasteiger partial charge in [-0.25, -0.2) is 4.98 Å². The van der Waals surface area contributed by atoms with E-state index in [9.17, 15) is 4.79 Å². The van der Waals surface area contributed by atoms with Crippen LogP contribution < -0.4 is 20.9 Å². The fraction of sp³-hybridized carbons (Fsp3) is 0.450. The maximum absolute atomic E-state index is 12.1. The van der Waals surface area contributed by atoms with Gasteiger partial charge in [-0.2, -0.15) is 4.98 Å². The van der Waals surface area contributed by atoms with Crippen molar-refractivity contribution in [2.45, 2.75) is 19.3 Å². The van der Waals surface area contributed by atoms with Crippen molar-refractivity contribution >= 4 is 17.7 Å². The van der Waals surface area contributed by atoms with Gasteiger partial charge in [0, 0.05) is 37.3 Å². The SMILES string of the molecule is CNCC(=O)Nc1nc2c(c(N3CCNCC3)n1)CCCc1ccccc1-2. The summed E-state index contributed by atoms with van der Waals surface area (Å²) in [5.74, 6) is 1.22. The van der Waals surface area contributed by atoms with E-state index < -0.39 is 0 Å². The molecule has 1 aromatic carbocycles. The van der Waals surface area contributed by atoms with E-state index in [-0.39, 0.29) is 12.5 Å². The number of hydrogen-bond acceptors (Lipinski definition) is 6. The van der Waals surface area contributed by atoms with Crippen LogP contribution in [-0.4, -0.2) is 55.6 Å². The number of nitrogens with one attached hydrogen (secondary N) is 3. The van der Waals surface area contributed by atoms with Gasteiger partial charge in [0.2, 0.25) is 11.9 Å². The number of fused-ring (bicyclic) bond motifs is 3. The summed E-state index contributed by atoms with van der Waals surface area (Å²) < 4.78 is 0. The molecule has 0 bridgehead atoms. The molecular weight excluding hydrogens is 340 g/mol. The lowest BCUT2D eigenvalue weighted by Crippen LogP contribution is -2.44. The molecule has 3 N–H and O–H groups in total. The maximum Gasteiger partial charge on any atom is 0.240 e. The minimum atomic E-state index is -0.134. The van der Waals surface area contributed by atoms with E-state index in [1.54, 1.807) is 7.05 Å². The van der Waals surface area contributed by atoms with Crippen molar-refractivity contribution < 1.29 is 4.79 Å². The van der Waals surface area contributed by atoms with Crippen LogP contribution in [0, 0.1) is 0 Å². The minimum absolute atomic E-state index is 0.134. The summed E-state index contributed by atoms with van der Waals surface area (Å²) in [6.45, 7) is 3.94. The Bertz CT molecular complexity index is 831. The number of aryl methyl sites for hydroxylation is 1. The van der Waals surface area contributed by atoms with Crippen molar-refractivity contribution in [2.75, 3.05) is 50.0 Å². The number of hydrogen-bond donors (Lipinski definition) is 3. The summed E-state index contributed by atoms with van der Waals surface area (Å²) in [5.41, 5.74) is 4.64. The van der Waals surface area contributed by atoms with Gasteiger partial charge < -0.3 is 15.5 Å². The number of likely N-dealkylation sites (N-methyl/N-ethyl adjacent to an activating group) is 1. The second kappa shape index (κ2) is 8.02. The summed E-state index contributed by atoms with van der Waals surface area (Å²) >= 11 is 0. The van der Waals surface area contributed by atoms with Gasteiger partial charge in [0.1, 0.15) is 5.82 Å². The van der Waals surface area contributed by atoms with Crippen LogP contribution in [0.1, 0.15) is 17.5 Å². The molecule has 1 fully saturated rings. The molecule has 2 heterocycles. The second-order valence-corrected chi connectivity index (χ2v) is 7.02. The average molecular weight is 366 g/mol. The molecule has 0 saturated carbocycles. The van der Waals surface area contributed by atoms with E-state index in [1.807, 2.05) is 0 Å². The Labute approximate surface area is 159 Å². The van der Waals surface area contributed by atoms with Crippen LogP contribution in [0.2, 0.25) is 0 Å². The normalized spacial score (nSPS) is 16.3. The molecule has 0 atom stereocenters. The number of piperazine rings is 1. The van der Waals surface area contributed by atoms with Crippen molar-refractivity contribution in [3.63, 3.8) is 0 Å². The highest BCUT2D eigenvalue weighted by atomic mass is 16.2. The van der Waals surface area contributed by atoms with Crippen LogP contribution >= 0.6 is 0 Å². The van der Waals surface area contributed by atoms with Gasteiger partial charge in [0.05, 0.1) is 12.2 Å². The van der Waals surface area contributed by atoms with Gasteiger partial charge in [-0.3, -0.25) is 10.1 Å². The van der Waals surface area contributed by atoms with Crippen molar-refractivity contribution in [1.82, 2.24) is 20.6 Å². The lowest BCUT2D eigenvalue weighted by Gasteiger charge is -2.31.